The standard InChI is InChI=1S/C7H8N4/c1-5-8-3-6-7(10-5)9-4-11(6)2/h3-4H,1-2H3/p+1. The summed E-state index contributed by atoms with van der Waals surface area (Å²) in [4.78, 5) is 11.3. The van der Waals surface area contributed by atoms with Crippen molar-refractivity contribution in [1.29, 1.82) is 0 Å². The van der Waals surface area contributed by atoms with Crippen LogP contribution in [0.25, 0.3) is 11.2 Å². The minimum absolute atomic E-state index is 0.792. The molecular weight excluding hydrogens is 140 g/mol. The Morgan fingerprint density at radius 1 is 1.55 bits per heavy atom. The van der Waals surface area contributed by atoms with Crippen LogP contribution in [-0.2, 0) is 7.05 Å². The fourth-order valence-electron chi connectivity index (χ4n) is 1.06. The van der Waals surface area contributed by atoms with Gasteiger partial charge in [-0.2, -0.15) is 4.98 Å². The molecule has 0 amide bonds. The summed E-state index contributed by atoms with van der Waals surface area (Å²) >= 11 is 0. The monoisotopic (exact) mass is 149 g/mol. The quantitative estimate of drug-likeness (QED) is 0.539. The largest absolute Gasteiger partial charge is 0.269 e. The van der Waals surface area contributed by atoms with Gasteiger partial charge in [-0.1, -0.05) is 0 Å². The van der Waals surface area contributed by atoms with Gasteiger partial charge in [0, 0.05) is 0 Å². The Hall–Kier alpha value is -1.45. The summed E-state index contributed by atoms with van der Waals surface area (Å²) in [6.45, 7) is 1.88. The van der Waals surface area contributed by atoms with Gasteiger partial charge in [-0.05, 0) is 6.92 Å². The van der Waals surface area contributed by atoms with Crippen LogP contribution >= 0.6 is 0 Å². The Kier molecular flexibility index (Phi) is 1.15. The van der Waals surface area contributed by atoms with E-state index in [1.54, 1.807) is 0 Å². The van der Waals surface area contributed by atoms with Crippen LogP contribution in [0.3, 0.4) is 0 Å². The van der Waals surface area contributed by atoms with Gasteiger partial charge in [0.1, 0.15) is 5.82 Å². The van der Waals surface area contributed by atoms with E-state index in [4.69, 9.17) is 0 Å². The minimum atomic E-state index is 0.792. The molecule has 2 aromatic rings. The van der Waals surface area contributed by atoms with E-state index in [9.17, 15) is 0 Å². The van der Waals surface area contributed by atoms with Crippen molar-refractivity contribution in [2.75, 3.05) is 0 Å². The van der Waals surface area contributed by atoms with Crippen LogP contribution < -0.4 is 4.57 Å². The number of fused-ring (bicyclic) bond motifs is 1. The van der Waals surface area contributed by atoms with E-state index in [1.807, 2.05) is 31.1 Å². The normalized spacial score (nSPS) is 10.7. The summed E-state index contributed by atoms with van der Waals surface area (Å²) in [5, 5.41) is 0. The molecule has 0 radical (unpaired) electrons. The lowest BCUT2D eigenvalue weighted by molar-refractivity contribution is -0.644. The maximum absolute atomic E-state index is 4.21. The molecule has 0 aliphatic rings. The van der Waals surface area contributed by atoms with Gasteiger partial charge in [-0.15, -0.1) is 0 Å². The maximum Gasteiger partial charge on any atom is 0.269 e. The Morgan fingerprint density at radius 3 is 3.18 bits per heavy atom. The van der Waals surface area contributed by atoms with Crippen LogP contribution in [0.1, 0.15) is 5.82 Å². The van der Waals surface area contributed by atoms with E-state index >= 15 is 0 Å². The third-order valence-corrected chi connectivity index (χ3v) is 1.66. The predicted molar refractivity (Wildman–Crippen MR) is 39.8 cm³/mol. The first-order valence-corrected chi connectivity index (χ1v) is 3.44. The van der Waals surface area contributed by atoms with E-state index in [0.29, 0.717) is 0 Å². The number of imidazole rings is 1. The van der Waals surface area contributed by atoms with Crippen LogP contribution in [0.15, 0.2) is 12.5 Å². The van der Waals surface area contributed by atoms with E-state index in [1.165, 1.54) is 0 Å². The molecule has 0 bridgehead atoms. The molecule has 0 aliphatic carbocycles. The van der Waals surface area contributed by atoms with Crippen molar-refractivity contribution in [3.63, 3.8) is 0 Å². The van der Waals surface area contributed by atoms with Crippen molar-refractivity contribution < 1.29 is 4.57 Å². The molecule has 0 aliphatic heterocycles. The number of aromatic amines is 1. The lowest BCUT2D eigenvalue weighted by Crippen LogP contribution is -2.24. The molecule has 2 heterocycles. The first-order chi connectivity index (χ1) is 5.27. The number of aryl methyl sites for hydroxylation is 2. The van der Waals surface area contributed by atoms with Gasteiger partial charge in [-0.3, -0.25) is 0 Å². The van der Waals surface area contributed by atoms with Gasteiger partial charge >= 0.3 is 0 Å². The molecule has 0 unspecified atom stereocenters. The highest BCUT2D eigenvalue weighted by atomic mass is 15.1. The second-order valence-corrected chi connectivity index (χ2v) is 2.54. The number of H-pyrrole nitrogens is 1. The molecule has 2 rings (SSSR count). The Balaban J connectivity index is 2.86. The smallest absolute Gasteiger partial charge is 0.237 e. The minimum Gasteiger partial charge on any atom is -0.237 e. The molecule has 0 saturated heterocycles. The van der Waals surface area contributed by atoms with Crippen molar-refractivity contribution in [3.8, 4) is 0 Å². The molecule has 1 N–H and O–H groups in total. The van der Waals surface area contributed by atoms with Crippen molar-refractivity contribution in [1.82, 2.24) is 15.0 Å². The van der Waals surface area contributed by atoms with Crippen LogP contribution in [0.4, 0.5) is 0 Å². The molecule has 11 heavy (non-hydrogen) atoms. The Morgan fingerprint density at radius 2 is 2.36 bits per heavy atom. The number of hydrogen-bond donors (Lipinski definition) is 1. The van der Waals surface area contributed by atoms with E-state index < -0.39 is 0 Å². The topological polar surface area (TPSA) is 45.5 Å². The lowest BCUT2D eigenvalue weighted by atomic mass is 10.5. The average Bonchev–Trinajstić information content (AvgIpc) is 2.32. The second-order valence-electron chi connectivity index (χ2n) is 2.54. The molecular formula is C7H9N4+. The number of nitrogens with one attached hydrogen (secondary N) is 1. The van der Waals surface area contributed by atoms with Crippen molar-refractivity contribution in [2.24, 2.45) is 7.05 Å². The third kappa shape index (κ3) is 0.869. The summed E-state index contributed by atoms with van der Waals surface area (Å²) in [5.41, 5.74) is 1.91. The zero-order chi connectivity index (χ0) is 7.84. The first kappa shape index (κ1) is 6.27. The molecule has 0 fully saturated rings. The lowest BCUT2D eigenvalue weighted by Gasteiger charge is -1.86. The number of hydrogen-bond acceptors (Lipinski definition) is 2. The van der Waals surface area contributed by atoms with E-state index in [-0.39, 0.29) is 0 Å². The number of nitrogens with zero attached hydrogens (tertiary/aromatic N) is 3. The molecule has 56 valence electrons. The van der Waals surface area contributed by atoms with Gasteiger partial charge in [0.15, 0.2) is 0 Å². The molecule has 0 spiro atoms. The summed E-state index contributed by atoms with van der Waals surface area (Å²) in [6.07, 6.45) is 3.67. The fraction of sp³-hybridized carbons (Fsp3) is 0.286. The summed E-state index contributed by atoms with van der Waals surface area (Å²) < 4.78 is 1.95. The van der Waals surface area contributed by atoms with Gasteiger partial charge in [0.2, 0.25) is 11.8 Å². The molecule has 0 saturated carbocycles. The zero-order valence-corrected chi connectivity index (χ0v) is 6.50. The fourth-order valence-corrected chi connectivity index (χ4v) is 1.06. The first-order valence-electron chi connectivity index (χ1n) is 3.44. The van der Waals surface area contributed by atoms with Crippen LogP contribution in [0.5, 0.6) is 0 Å². The maximum atomic E-state index is 4.21. The molecule has 4 nitrogen and oxygen atoms in total. The summed E-state index contributed by atoms with van der Waals surface area (Å²) in [5.74, 6) is 0.792. The van der Waals surface area contributed by atoms with Gasteiger partial charge in [-0.25, -0.2) is 14.5 Å². The number of aromatic nitrogens is 4. The second kappa shape index (κ2) is 2.02. The highest BCUT2D eigenvalue weighted by molar-refractivity contribution is 5.63. The van der Waals surface area contributed by atoms with Crippen molar-refractivity contribution >= 4 is 11.2 Å². The molecule has 2 aromatic heterocycles. The predicted octanol–water partition coefficient (Wildman–Crippen LogP) is 0.0908. The van der Waals surface area contributed by atoms with Crippen LogP contribution in [-0.4, -0.2) is 15.0 Å². The van der Waals surface area contributed by atoms with Gasteiger partial charge in [0.25, 0.3) is 5.65 Å². The van der Waals surface area contributed by atoms with E-state index in [0.717, 1.165) is 17.0 Å². The van der Waals surface area contributed by atoms with Crippen molar-refractivity contribution in [3.05, 3.63) is 18.3 Å². The summed E-state index contributed by atoms with van der Waals surface area (Å²) in [7, 11) is 1.96. The SMILES string of the molecule is Cc1ncc2c(n1)[nH]c[n+]2C. The average molecular weight is 149 g/mol. The van der Waals surface area contributed by atoms with Crippen molar-refractivity contribution in [2.45, 2.75) is 6.92 Å². The Labute approximate surface area is 63.9 Å². The van der Waals surface area contributed by atoms with Gasteiger partial charge < -0.3 is 0 Å². The number of rotatable bonds is 0. The summed E-state index contributed by atoms with van der Waals surface area (Å²) in [6, 6.07) is 0. The highest BCUT2D eigenvalue weighted by Crippen LogP contribution is 2.00. The highest BCUT2D eigenvalue weighted by Gasteiger charge is 2.06. The molecule has 0 aromatic carbocycles. The zero-order valence-electron chi connectivity index (χ0n) is 6.50. The Bertz CT molecular complexity index is 390. The van der Waals surface area contributed by atoms with E-state index in [2.05, 4.69) is 15.0 Å². The molecule has 0 atom stereocenters. The van der Waals surface area contributed by atoms with Gasteiger partial charge in [0.05, 0.1) is 13.2 Å². The third-order valence-electron chi connectivity index (χ3n) is 1.66. The van der Waals surface area contributed by atoms with Crippen LogP contribution in [0, 0.1) is 6.92 Å². The van der Waals surface area contributed by atoms with Crippen LogP contribution in [0.2, 0.25) is 0 Å². The molecule has 4 heteroatoms.